The van der Waals surface area contributed by atoms with Crippen LogP contribution < -0.4 is 9.64 Å². The summed E-state index contributed by atoms with van der Waals surface area (Å²) >= 11 is 1.77. The Morgan fingerprint density at radius 3 is 2.76 bits per heavy atom. The van der Waals surface area contributed by atoms with Crippen molar-refractivity contribution < 1.29 is 13.5 Å². The molecule has 0 amide bonds. The third-order valence-electron chi connectivity index (χ3n) is 4.41. The van der Waals surface area contributed by atoms with E-state index in [2.05, 4.69) is 19.6 Å². The Balaban J connectivity index is 1.59. The number of ether oxygens (including phenoxy) is 1. The fourth-order valence-electron chi connectivity index (χ4n) is 3.33. The lowest BCUT2D eigenvalue weighted by molar-refractivity contribution is -0.0498. The van der Waals surface area contributed by atoms with Crippen molar-refractivity contribution in [3.8, 4) is 5.75 Å². The lowest BCUT2D eigenvalue weighted by Gasteiger charge is -2.19. The molecule has 0 aliphatic heterocycles. The number of nitrogens with zero attached hydrogens (tertiary/aromatic N) is 3. The number of alkyl halides is 2. The van der Waals surface area contributed by atoms with Gasteiger partial charge in [0.15, 0.2) is 0 Å². The number of fused-ring (bicyclic) bond motifs is 3. The van der Waals surface area contributed by atoms with Crippen LogP contribution in [0.5, 0.6) is 5.75 Å². The maximum Gasteiger partial charge on any atom is 0.387 e. The van der Waals surface area contributed by atoms with Gasteiger partial charge < -0.3 is 9.64 Å². The fraction of sp³-hybridized carbons (Fsp3) is 0.333. The Hall–Kier alpha value is -2.28. The second-order valence-electron chi connectivity index (χ2n) is 6.11. The van der Waals surface area contributed by atoms with E-state index in [-0.39, 0.29) is 5.75 Å². The third kappa shape index (κ3) is 3.16. The Kier molecular flexibility index (Phi) is 4.25. The number of anilines is 1. The van der Waals surface area contributed by atoms with Gasteiger partial charge in [-0.1, -0.05) is 12.1 Å². The molecule has 2 aromatic heterocycles. The van der Waals surface area contributed by atoms with Crippen molar-refractivity contribution in [1.29, 1.82) is 0 Å². The molecule has 25 heavy (non-hydrogen) atoms. The number of aromatic nitrogens is 2. The Morgan fingerprint density at radius 2 is 2.00 bits per heavy atom. The smallest absolute Gasteiger partial charge is 0.387 e. The minimum Gasteiger partial charge on any atom is -0.435 e. The van der Waals surface area contributed by atoms with Gasteiger partial charge in [0.05, 0.1) is 5.39 Å². The SMILES string of the molecule is CN(Cc1ccc(OC(F)F)cc1)c1ncnc2sc3c(c12)CCC3. The summed E-state index contributed by atoms with van der Waals surface area (Å²) in [6, 6.07) is 6.72. The standard InChI is InChI=1S/C18H17F2N3OS/c1-23(9-11-5-7-12(8-6-11)24-18(19)20)16-15-13-3-2-4-14(13)25-17(15)22-10-21-16/h5-8,10,18H,2-4,9H2,1H3. The summed E-state index contributed by atoms with van der Waals surface area (Å²) in [6.45, 7) is -2.17. The summed E-state index contributed by atoms with van der Waals surface area (Å²) in [5.41, 5.74) is 2.39. The summed E-state index contributed by atoms with van der Waals surface area (Å²) in [7, 11) is 1.99. The topological polar surface area (TPSA) is 38.2 Å². The van der Waals surface area contributed by atoms with E-state index in [1.165, 1.54) is 22.2 Å². The van der Waals surface area contributed by atoms with Gasteiger partial charge in [-0.05, 0) is 42.5 Å². The number of halogens is 2. The van der Waals surface area contributed by atoms with Crippen molar-refractivity contribution in [3.63, 3.8) is 0 Å². The molecule has 130 valence electrons. The first-order valence-corrected chi connectivity index (χ1v) is 8.93. The van der Waals surface area contributed by atoms with Gasteiger partial charge >= 0.3 is 6.61 Å². The van der Waals surface area contributed by atoms with Crippen LogP contribution in [0.3, 0.4) is 0 Å². The van der Waals surface area contributed by atoms with Crippen molar-refractivity contribution in [3.05, 3.63) is 46.6 Å². The molecule has 0 saturated carbocycles. The van der Waals surface area contributed by atoms with Gasteiger partial charge in [0.1, 0.15) is 22.7 Å². The summed E-state index contributed by atoms with van der Waals surface area (Å²) in [5.74, 6) is 1.10. The molecule has 4 nitrogen and oxygen atoms in total. The average Bonchev–Trinajstić information content (AvgIpc) is 3.16. The fourth-order valence-corrected chi connectivity index (χ4v) is 4.55. The molecule has 2 heterocycles. The molecule has 0 spiro atoms. The van der Waals surface area contributed by atoms with Crippen molar-refractivity contribution in [2.75, 3.05) is 11.9 Å². The Morgan fingerprint density at radius 1 is 1.20 bits per heavy atom. The van der Waals surface area contributed by atoms with Crippen molar-refractivity contribution in [1.82, 2.24) is 9.97 Å². The molecule has 0 bridgehead atoms. The van der Waals surface area contributed by atoms with E-state index in [1.54, 1.807) is 41.9 Å². The van der Waals surface area contributed by atoms with Crippen LogP contribution in [-0.4, -0.2) is 23.6 Å². The second-order valence-corrected chi connectivity index (χ2v) is 7.20. The summed E-state index contributed by atoms with van der Waals surface area (Å²) < 4.78 is 28.9. The Bertz CT molecular complexity index is 895. The van der Waals surface area contributed by atoms with Gasteiger partial charge in [-0.15, -0.1) is 11.3 Å². The minimum absolute atomic E-state index is 0.168. The number of benzene rings is 1. The van der Waals surface area contributed by atoms with Gasteiger partial charge in [-0.25, -0.2) is 9.97 Å². The lowest BCUT2D eigenvalue weighted by atomic mass is 10.1. The second kappa shape index (κ2) is 6.55. The molecule has 1 aliphatic rings. The molecule has 0 fully saturated rings. The summed E-state index contributed by atoms with van der Waals surface area (Å²) in [5, 5.41) is 1.17. The molecule has 1 aliphatic carbocycles. The van der Waals surface area contributed by atoms with Crippen LogP contribution in [0.1, 0.15) is 22.4 Å². The van der Waals surface area contributed by atoms with Crippen LogP contribution in [0.4, 0.5) is 14.6 Å². The molecule has 0 N–H and O–H groups in total. The highest BCUT2D eigenvalue weighted by Crippen LogP contribution is 2.40. The van der Waals surface area contributed by atoms with Crippen LogP contribution in [0.15, 0.2) is 30.6 Å². The number of hydrogen-bond donors (Lipinski definition) is 0. The number of rotatable bonds is 5. The summed E-state index contributed by atoms with van der Waals surface area (Å²) in [4.78, 5) is 13.5. The highest BCUT2D eigenvalue weighted by Gasteiger charge is 2.22. The van der Waals surface area contributed by atoms with Crippen LogP contribution >= 0.6 is 11.3 Å². The number of hydrogen-bond acceptors (Lipinski definition) is 5. The van der Waals surface area contributed by atoms with E-state index < -0.39 is 6.61 Å². The normalized spacial score (nSPS) is 13.4. The Labute approximate surface area is 148 Å². The first-order chi connectivity index (χ1) is 12.1. The lowest BCUT2D eigenvalue weighted by Crippen LogP contribution is -2.18. The first kappa shape index (κ1) is 16.2. The molecule has 3 aromatic rings. The molecule has 0 atom stereocenters. The van der Waals surface area contributed by atoms with E-state index in [0.717, 1.165) is 29.1 Å². The van der Waals surface area contributed by atoms with E-state index >= 15 is 0 Å². The molecule has 7 heteroatoms. The third-order valence-corrected chi connectivity index (χ3v) is 5.61. The van der Waals surface area contributed by atoms with E-state index in [4.69, 9.17) is 0 Å². The van der Waals surface area contributed by atoms with Crippen molar-refractivity contribution in [2.24, 2.45) is 0 Å². The van der Waals surface area contributed by atoms with E-state index in [9.17, 15) is 8.78 Å². The molecule has 4 rings (SSSR count). The van der Waals surface area contributed by atoms with Crippen LogP contribution in [0.25, 0.3) is 10.2 Å². The quantitative estimate of drug-likeness (QED) is 0.674. The zero-order chi connectivity index (χ0) is 17.4. The van der Waals surface area contributed by atoms with Gasteiger partial charge in [0.25, 0.3) is 0 Å². The molecule has 0 unspecified atom stereocenters. The zero-order valence-corrected chi connectivity index (χ0v) is 14.5. The predicted molar refractivity (Wildman–Crippen MR) is 94.6 cm³/mol. The van der Waals surface area contributed by atoms with Crippen LogP contribution in [0.2, 0.25) is 0 Å². The van der Waals surface area contributed by atoms with Crippen LogP contribution in [0, 0.1) is 0 Å². The highest BCUT2D eigenvalue weighted by atomic mass is 32.1. The largest absolute Gasteiger partial charge is 0.435 e. The number of aryl methyl sites for hydroxylation is 2. The first-order valence-electron chi connectivity index (χ1n) is 8.12. The van der Waals surface area contributed by atoms with Crippen LogP contribution in [-0.2, 0) is 19.4 Å². The molecular formula is C18H17F2N3OS. The predicted octanol–water partition coefficient (Wildman–Crippen LogP) is 4.42. The monoisotopic (exact) mass is 361 g/mol. The molecule has 0 saturated heterocycles. The maximum atomic E-state index is 12.2. The molecule has 0 radical (unpaired) electrons. The minimum atomic E-state index is -2.80. The van der Waals surface area contributed by atoms with Gasteiger partial charge in [-0.3, -0.25) is 0 Å². The van der Waals surface area contributed by atoms with Crippen molar-refractivity contribution in [2.45, 2.75) is 32.4 Å². The van der Waals surface area contributed by atoms with Gasteiger partial charge in [0.2, 0.25) is 0 Å². The van der Waals surface area contributed by atoms with Gasteiger partial charge in [-0.2, -0.15) is 8.78 Å². The summed E-state index contributed by atoms with van der Waals surface area (Å²) in [6.07, 6.45) is 5.02. The molecular weight excluding hydrogens is 344 g/mol. The number of thiophene rings is 1. The maximum absolute atomic E-state index is 12.2. The average molecular weight is 361 g/mol. The molecule has 1 aromatic carbocycles. The van der Waals surface area contributed by atoms with Gasteiger partial charge in [0, 0.05) is 18.5 Å². The van der Waals surface area contributed by atoms with E-state index in [1.807, 2.05) is 7.05 Å². The van der Waals surface area contributed by atoms with Crippen molar-refractivity contribution >= 4 is 27.4 Å². The van der Waals surface area contributed by atoms with E-state index in [0.29, 0.717) is 6.54 Å². The highest BCUT2D eigenvalue weighted by molar-refractivity contribution is 7.19. The zero-order valence-electron chi connectivity index (χ0n) is 13.7.